The summed E-state index contributed by atoms with van der Waals surface area (Å²) in [6, 6.07) is -3.13. The zero-order chi connectivity index (χ0) is 37.7. The summed E-state index contributed by atoms with van der Waals surface area (Å²) in [5, 5.41) is 55.4. The third-order valence-corrected chi connectivity index (χ3v) is 6.27. The number of hydrogen-bond acceptors (Lipinski definition) is 13. The Morgan fingerprint density at radius 1 is 0.646 bits per heavy atom. The molecule has 0 bridgehead atoms. The third-order valence-electron chi connectivity index (χ3n) is 6.27. The zero-order valence-corrected chi connectivity index (χ0v) is 27.0. The monoisotopic (exact) mass is 697 g/mol. The van der Waals surface area contributed by atoms with Gasteiger partial charge in [-0.15, -0.1) is 0 Å². The van der Waals surface area contributed by atoms with Crippen LogP contribution in [-0.4, -0.2) is 129 Å². The maximum absolute atomic E-state index is 10.2. The van der Waals surface area contributed by atoms with Crippen LogP contribution in [0.2, 0.25) is 0 Å². The van der Waals surface area contributed by atoms with Crippen molar-refractivity contribution >= 4 is 41.8 Å². The van der Waals surface area contributed by atoms with Gasteiger partial charge in [0.05, 0.1) is 0 Å². The lowest BCUT2D eigenvalue weighted by atomic mass is 10.1. The highest BCUT2D eigenvalue weighted by molar-refractivity contribution is 5.76. The number of aliphatic imine (C=N–C) groups is 1. The van der Waals surface area contributed by atoms with Gasteiger partial charge in [-0.2, -0.15) is 0 Å². The minimum atomic E-state index is -1.17. The number of nitrogens with zero attached hydrogens (tertiary/aromatic N) is 1. The highest BCUT2D eigenvalue weighted by Crippen LogP contribution is 2.04. The number of nitrogens with one attached hydrogen (secondary N) is 2. The standard InChI is InChI=1S/C6H14N4O2.C6H14N2O2.C5H9NO4.2C5H9NO2/c7-4(5(11)12)2-1-3-10-6(8)9;7-4-2-1-3-5(8)6(9)10;6-3(5(9)10)1-2-4(7)8;2*7-5(8)4-2-1-3-6-4/h4H,1-3,7H2,(H,11,12)(H4,8,9,10);5H,1-4,7-8H2,(H,9,10);3H,1-2,6H2,(H,7,8)(H,9,10);2*4,6H,1-3H2,(H,7,8)/t;;;2*4-/m...00/s1. The molecule has 21 nitrogen and oxygen atoms in total. The van der Waals surface area contributed by atoms with Crippen LogP contribution in [-0.2, 0) is 28.8 Å². The van der Waals surface area contributed by atoms with Crippen molar-refractivity contribution in [3.8, 4) is 0 Å². The fraction of sp³-hybridized carbons (Fsp3) is 0.741. The smallest absolute Gasteiger partial charge is 0.320 e. The molecule has 2 aliphatic rings. The number of carboxylic acids is 6. The Hall–Kier alpha value is -4.15. The summed E-state index contributed by atoms with van der Waals surface area (Å²) in [4.78, 5) is 64.2. The summed E-state index contributed by atoms with van der Waals surface area (Å²) < 4.78 is 0. The molecule has 2 saturated heterocycles. The van der Waals surface area contributed by atoms with Crippen LogP contribution in [0.5, 0.6) is 0 Å². The van der Waals surface area contributed by atoms with Crippen LogP contribution in [0.4, 0.5) is 0 Å². The van der Waals surface area contributed by atoms with Crippen LogP contribution in [0.1, 0.15) is 70.6 Å². The summed E-state index contributed by atoms with van der Waals surface area (Å²) in [5.74, 6) is -5.56. The molecule has 0 saturated carbocycles. The molecule has 0 radical (unpaired) electrons. The van der Waals surface area contributed by atoms with E-state index < -0.39 is 53.9 Å². The maximum atomic E-state index is 10.2. The molecule has 0 aromatic rings. The first-order chi connectivity index (χ1) is 22.4. The van der Waals surface area contributed by atoms with E-state index in [0.717, 1.165) is 51.6 Å². The van der Waals surface area contributed by atoms with Crippen LogP contribution in [0.3, 0.4) is 0 Å². The zero-order valence-electron chi connectivity index (χ0n) is 27.0. The molecule has 2 heterocycles. The SMILES string of the molecule is NC(CCC(=O)O)C(=O)O.NC(N)=NCCCC(N)C(=O)O.NCCCCC(N)C(=O)O.O=C(O)[C@@H]1CCCN1.O=C(O)[C@@H]1CCCN1. The van der Waals surface area contributed by atoms with Crippen LogP contribution < -0.4 is 45.0 Å². The molecule has 280 valence electrons. The van der Waals surface area contributed by atoms with Gasteiger partial charge in [0.25, 0.3) is 0 Å². The average molecular weight is 698 g/mol. The fourth-order valence-electron chi connectivity index (χ4n) is 3.47. The van der Waals surface area contributed by atoms with Gasteiger partial charge in [0.1, 0.15) is 30.2 Å². The van der Waals surface area contributed by atoms with E-state index in [1.165, 1.54) is 0 Å². The number of carbonyl (C=O) groups is 6. The number of aliphatic carboxylic acids is 6. The lowest BCUT2D eigenvalue weighted by Gasteiger charge is -2.03. The van der Waals surface area contributed by atoms with Crippen LogP contribution in [0.25, 0.3) is 0 Å². The van der Waals surface area contributed by atoms with Crippen LogP contribution in [0, 0.1) is 0 Å². The molecule has 0 aromatic carbocycles. The summed E-state index contributed by atoms with van der Waals surface area (Å²) in [7, 11) is 0. The number of rotatable bonds is 16. The molecular weight excluding hydrogens is 642 g/mol. The Bertz CT molecular complexity index is 946. The van der Waals surface area contributed by atoms with Crippen LogP contribution >= 0.6 is 0 Å². The number of hydrogen-bond donors (Lipinski definition) is 14. The van der Waals surface area contributed by atoms with E-state index in [2.05, 4.69) is 15.6 Å². The first kappa shape index (κ1) is 48.2. The first-order valence-corrected chi connectivity index (χ1v) is 15.2. The molecule has 2 rings (SSSR count). The van der Waals surface area contributed by atoms with Crippen molar-refractivity contribution in [1.29, 1.82) is 0 Å². The first-order valence-electron chi connectivity index (χ1n) is 15.2. The lowest BCUT2D eigenvalue weighted by Crippen LogP contribution is -2.30. The van der Waals surface area contributed by atoms with E-state index in [1.807, 2.05) is 0 Å². The molecular formula is C27H55N9O12. The molecule has 2 aliphatic heterocycles. The van der Waals surface area contributed by atoms with Crippen molar-refractivity contribution < 1.29 is 59.4 Å². The highest BCUT2D eigenvalue weighted by Gasteiger charge is 2.21. The summed E-state index contributed by atoms with van der Waals surface area (Å²) >= 11 is 0. The van der Waals surface area contributed by atoms with Gasteiger partial charge in [-0.25, -0.2) is 0 Å². The summed E-state index contributed by atoms with van der Waals surface area (Å²) in [6.07, 6.45) is 6.46. The second kappa shape index (κ2) is 30.2. The number of guanidine groups is 1. The number of carboxylic acid groups (broad SMARTS) is 6. The summed E-state index contributed by atoms with van der Waals surface area (Å²) in [5.41, 5.74) is 30.7. The molecule has 0 aliphatic carbocycles. The Kier molecular flexibility index (Phi) is 30.4. The van der Waals surface area contributed by atoms with E-state index >= 15 is 0 Å². The van der Waals surface area contributed by atoms with E-state index in [9.17, 15) is 28.8 Å². The van der Waals surface area contributed by atoms with Gasteiger partial charge in [-0.1, -0.05) is 6.42 Å². The number of unbranched alkanes of at least 4 members (excludes halogenated alkanes) is 1. The summed E-state index contributed by atoms with van der Waals surface area (Å²) in [6.45, 7) is 2.74. The lowest BCUT2D eigenvalue weighted by molar-refractivity contribution is -0.141. The van der Waals surface area contributed by atoms with Gasteiger partial charge in [-0.3, -0.25) is 33.8 Å². The minimum absolute atomic E-state index is 0.0129. The molecule has 3 unspecified atom stereocenters. The average Bonchev–Trinajstić information content (AvgIpc) is 3.75. The minimum Gasteiger partial charge on any atom is -0.481 e. The van der Waals surface area contributed by atoms with E-state index in [4.69, 9.17) is 65.0 Å². The second-order valence-electron chi connectivity index (χ2n) is 10.5. The van der Waals surface area contributed by atoms with Crippen molar-refractivity contribution in [2.24, 2.45) is 39.4 Å². The van der Waals surface area contributed by atoms with Crippen molar-refractivity contribution in [2.75, 3.05) is 26.2 Å². The predicted octanol–water partition coefficient (Wildman–Crippen LogP) is -3.11. The van der Waals surface area contributed by atoms with Crippen molar-refractivity contribution in [2.45, 2.75) is 101 Å². The molecule has 21 heteroatoms. The topological polar surface area (TPSA) is 416 Å². The van der Waals surface area contributed by atoms with Gasteiger partial charge < -0.3 is 75.7 Å². The Balaban J connectivity index is -0.000000531. The van der Waals surface area contributed by atoms with E-state index in [1.54, 1.807) is 0 Å². The molecule has 2 fully saturated rings. The van der Waals surface area contributed by atoms with Crippen molar-refractivity contribution in [1.82, 2.24) is 10.6 Å². The highest BCUT2D eigenvalue weighted by atomic mass is 16.4. The number of nitrogens with two attached hydrogens (primary N) is 6. The maximum Gasteiger partial charge on any atom is 0.320 e. The van der Waals surface area contributed by atoms with Gasteiger partial charge in [-0.05, 0) is 77.4 Å². The Morgan fingerprint density at radius 3 is 1.31 bits per heavy atom. The van der Waals surface area contributed by atoms with Gasteiger partial charge in [0, 0.05) is 13.0 Å². The molecule has 5 atom stereocenters. The predicted molar refractivity (Wildman–Crippen MR) is 174 cm³/mol. The molecule has 0 aromatic heterocycles. The van der Waals surface area contributed by atoms with Crippen LogP contribution in [0.15, 0.2) is 4.99 Å². The Labute approximate surface area is 278 Å². The quantitative estimate of drug-likeness (QED) is 0.0431. The Morgan fingerprint density at radius 2 is 1.04 bits per heavy atom. The van der Waals surface area contributed by atoms with Gasteiger partial charge >= 0.3 is 35.8 Å². The van der Waals surface area contributed by atoms with Crippen molar-refractivity contribution in [3.63, 3.8) is 0 Å². The van der Waals surface area contributed by atoms with E-state index in [0.29, 0.717) is 32.4 Å². The van der Waals surface area contributed by atoms with E-state index in [-0.39, 0.29) is 30.9 Å². The fourth-order valence-corrected chi connectivity index (χ4v) is 3.47. The molecule has 48 heavy (non-hydrogen) atoms. The molecule has 0 spiro atoms. The molecule has 20 N–H and O–H groups in total. The normalized spacial score (nSPS) is 17.8. The van der Waals surface area contributed by atoms with Gasteiger partial charge in [0.15, 0.2) is 5.96 Å². The second-order valence-corrected chi connectivity index (χ2v) is 10.5. The largest absolute Gasteiger partial charge is 0.481 e. The molecule has 0 amide bonds. The van der Waals surface area contributed by atoms with Gasteiger partial charge in [0.2, 0.25) is 0 Å². The third kappa shape index (κ3) is 31.8. The van der Waals surface area contributed by atoms with Crippen molar-refractivity contribution in [3.05, 3.63) is 0 Å².